The minimum absolute atomic E-state index is 0.0396. The molecule has 0 radical (unpaired) electrons. The van der Waals surface area contributed by atoms with Crippen LogP contribution in [0.2, 0.25) is 0 Å². The van der Waals surface area contributed by atoms with Crippen LogP contribution < -0.4 is 0 Å². The molecule has 0 saturated heterocycles. The Bertz CT molecular complexity index is 448. The highest BCUT2D eigenvalue weighted by Gasteiger charge is 2.18. The minimum atomic E-state index is -1.58. The van der Waals surface area contributed by atoms with Gasteiger partial charge >= 0.3 is 5.97 Å². The van der Waals surface area contributed by atoms with Gasteiger partial charge in [0.25, 0.3) is 0 Å². The summed E-state index contributed by atoms with van der Waals surface area (Å²) >= 11 is 0. The second-order valence-corrected chi connectivity index (χ2v) is 5.34. The highest BCUT2D eigenvalue weighted by molar-refractivity contribution is 7.85. The molecule has 3 nitrogen and oxygen atoms in total. The number of carbonyl (C=O) groups is 1. The normalized spacial score (nSPS) is 14.1. The topological polar surface area (TPSA) is 43.4 Å². The van der Waals surface area contributed by atoms with Gasteiger partial charge in [-0.3, -0.25) is 9.00 Å². The molecule has 0 aliphatic heterocycles. The molecule has 0 fully saturated rings. The quantitative estimate of drug-likeness (QED) is 0.780. The lowest BCUT2D eigenvalue weighted by molar-refractivity contribution is -0.140. The average Bonchev–Trinajstić information content (AvgIpc) is 2.31. The molecule has 2 unspecified atom stereocenters. The van der Waals surface area contributed by atoms with E-state index in [1.165, 1.54) is 13.2 Å². The van der Waals surface area contributed by atoms with Crippen LogP contribution in [0.25, 0.3) is 0 Å². The molecule has 94 valence electrons. The first-order valence-corrected chi connectivity index (χ1v) is 6.09. The smallest absolute Gasteiger partial charge is 0.306 e. The van der Waals surface area contributed by atoms with Crippen molar-refractivity contribution in [2.75, 3.05) is 7.11 Å². The number of carbonyl (C=O) groups excluding carboxylic acids is 1. The molecule has 0 spiro atoms. The minimum Gasteiger partial charge on any atom is -0.469 e. The molecule has 1 rings (SSSR count). The summed E-state index contributed by atoms with van der Waals surface area (Å²) in [7, 11) is -0.345. The first-order chi connectivity index (χ1) is 7.95. The Morgan fingerprint density at radius 1 is 1.41 bits per heavy atom. The number of rotatable bonds is 4. The number of methoxy groups -OCH3 is 1. The Labute approximate surface area is 100 Å². The second-order valence-electron chi connectivity index (χ2n) is 3.46. The summed E-state index contributed by atoms with van der Waals surface area (Å²) in [5.41, 5.74) is 0. The lowest BCUT2D eigenvalue weighted by Crippen LogP contribution is -2.17. The van der Waals surface area contributed by atoms with Crippen molar-refractivity contribution in [3.05, 3.63) is 29.8 Å². The Morgan fingerprint density at radius 3 is 2.59 bits per heavy atom. The van der Waals surface area contributed by atoms with Crippen molar-refractivity contribution in [3.63, 3.8) is 0 Å². The Hall–Kier alpha value is -1.30. The Kier molecular flexibility index (Phi) is 4.74. The van der Waals surface area contributed by atoms with Crippen molar-refractivity contribution in [1.29, 1.82) is 0 Å². The Balaban J connectivity index is 2.81. The van der Waals surface area contributed by atoms with Gasteiger partial charge in [0.1, 0.15) is 0 Å². The number of halogens is 2. The largest absolute Gasteiger partial charge is 0.469 e. The molecule has 6 heteroatoms. The van der Waals surface area contributed by atoms with E-state index in [9.17, 15) is 17.8 Å². The fourth-order valence-corrected chi connectivity index (χ4v) is 2.40. The van der Waals surface area contributed by atoms with Crippen LogP contribution >= 0.6 is 0 Å². The van der Waals surface area contributed by atoms with Crippen LogP contribution in [0.1, 0.15) is 13.3 Å². The summed E-state index contributed by atoms with van der Waals surface area (Å²) < 4.78 is 41.9. The number of ether oxygens (including phenoxy) is 1. The number of hydrogen-bond donors (Lipinski definition) is 0. The molecule has 2 atom stereocenters. The third kappa shape index (κ3) is 3.59. The van der Waals surface area contributed by atoms with Gasteiger partial charge in [-0.1, -0.05) is 0 Å². The summed E-state index contributed by atoms with van der Waals surface area (Å²) in [5.74, 6) is -2.54. The van der Waals surface area contributed by atoms with E-state index in [0.29, 0.717) is 0 Å². The van der Waals surface area contributed by atoms with Gasteiger partial charge in [-0.15, -0.1) is 0 Å². The molecule has 0 saturated carbocycles. The molecule has 0 aliphatic rings. The Morgan fingerprint density at radius 2 is 2.06 bits per heavy atom. The van der Waals surface area contributed by atoms with Gasteiger partial charge in [-0.2, -0.15) is 0 Å². The molecular formula is C11H12F2O3S. The summed E-state index contributed by atoms with van der Waals surface area (Å²) in [6.07, 6.45) is -0.0396. The standard InChI is InChI=1S/C11H12F2O3S/c1-7(5-11(14)16-2)17(15)8-3-4-9(12)10(13)6-8/h3-4,6-7H,5H2,1-2H3. The van der Waals surface area contributed by atoms with E-state index >= 15 is 0 Å². The van der Waals surface area contributed by atoms with Gasteiger partial charge in [0.15, 0.2) is 11.6 Å². The molecule has 0 N–H and O–H groups in total. The van der Waals surface area contributed by atoms with E-state index in [1.807, 2.05) is 0 Å². The van der Waals surface area contributed by atoms with Crippen LogP contribution in [0, 0.1) is 11.6 Å². The van der Waals surface area contributed by atoms with Crippen LogP contribution in [0.5, 0.6) is 0 Å². The van der Waals surface area contributed by atoms with Crippen LogP contribution in [0.4, 0.5) is 8.78 Å². The molecule has 1 aromatic rings. The SMILES string of the molecule is COC(=O)CC(C)S(=O)c1ccc(F)c(F)c1. The maximum Gasteiger partial charge on any atom is 0.306 e. The maximum absolute atomic E-state index is 12.9. The van der Waals surface area contributed by atoms with Crippen LogP contribution in [-0.2, 0) is 20.3 Å². The van der Waals surface area contributed by atoms with E-state index in [-0.39, 0.29) is 11.3 Å². The van der Waals surface area contributed by atoms with Crippen LogP contribution in [0.15, 0.2) is 23.1 Å². The molecule has 0 amide bonds. The van der Waals surface area contributed by atoms with Gasteiger partial charge in [-0.25, -0.2) is 8.78 Å². The fraction of sp³-hybridized carbons (Fsp3) is 0.364. The lowest BCUT2D eigenvalue weighted by Gasteiger charge is -2.10. The summed E-state index contributed by atoms with van der Waals surface area (Å²) in [4.78, 5) is 11.1. The number of esters is 1. The molecule has 0 heterocycles. The lowest BCUT2D eigenvalue weighted by atomic mass is 10.3. The molecular weight excluding hydrogens is 250 g/mol. The van der Waals surface area contributed by atoms with E-state index in [0.717, 1.165) is 12.1 Å². The van der Waals surface area contributed by atoms with Crippen molar-refractivity contribution in [2.24, 2.45) is 0 Å². The van der Waals surface area contributed by atoms with Gasteiger partial charge in [-0.05, 0) is 25.1 Å². The first kappa shape index (κ1) is 13.8. The molecule has 0 aliphatic carbocycles. The predicted molar refractivity (Wildman–Crippen MR) is 58.9 cm³/mol. The van der Waals surface area contributed by atoms with Gasteiger partial charge < -0.3 is 4.74 Å². The van der Waals surface area contributed by atoms with E-state index in [2.05, 4.69) is 4.74 Å². The summed E-state index contributed by atoms with van der Waals surface area (Å²) in [6.45, 7) is 1.58. The third-order valence-corrected chi connectivity index (χ3v) is 3.79. The zero-order chi connectivity index (χ0) is 13.0. The monoisotopic (exact) mass is 262 g/mol. The van der Waals surface area contributed by atoms with E-state index in [4.69, 9.17) is 0 Å². The van der Waals surface area contributed by atoms with E-state index < -0.39 is 33.7 Å². The number of benzene rings is 1. The zero-order valence-electron chi connectivity index (χ0n) is 9.41. The van der Waals surface area contributed by atoms with Crippen LogP contribution in [-0.4, -0.2) is 22.5 Å². The zero-order valence-corrected chi connectivity index (χ0v) is 10.2. The second kappa shape index (κ2) is 5.86. The van der Waals surface area contributed by atoms with Crippen molar-refractivity contribution >= 4 is 16.8 Å². The van der Waals surface area contributed by atoms with Gasteiger partial charge in [0, 0.05) is 10.1 Å². The van der Waals surface area contributed by atoms with Crippen molar-refractivity contribution in [1.82, 2.24) is 0 Å². The third-order valence-electron chi connectivity index (χ3n) is 2.17. The molecule has 1 aromatic carbocycles. The number of hydrogen-bond acceptors (Lipinski definition) is 3. The summed E-state index contributed by atoms with van der Waals surface area (Å²) in [5, 5.41) is -0.521. The van der Waals surface area contributed by atoms with Crippen molar-refractivity contribution in [3.8, 4) is 0 Å². The van der Waals surface area contributed by atoms with Gasteiger partial charge in [0.05, 0.1) is 24.3 Å². The highest BCUT2D eigenvalue weighted by atomic mass is 32.2. The average molecular weight is 262 g/mol. The summed E-state index contributed by atoms with van der Waals surface area (Å²) in [6, 6.07) is 3.02. The first-order valence-electron chi connectivity index (χ1n) is 4.88. The van der Waals surface area contributed by atoms with E-state index in [1.54, 1.807) is 6.92 Å². The van der Waals surface area contributed by atoms with Crippen molar-refractivity contribution in [2.45, 2.75) is 23.5 Å². The van der Waals surface area contributed by atoms with Gasteiger partial charge in [0.2, 0.25) is 0 Å². The fourth-order valence-electron chi connectivity index (χ4n) is 1.23. The highest BCUT2D eigenvalue weighted by Crippen LogP contribution is 2.17. The van der Waals surface area contributed by atoms with Crippen LogP contribution in [0.3, 0.4) is 0 Å². The molecule has 0 aromatic heterocycles. The predicted octanol–water partition coefficient (Wildman–Crippen LogP) is 2.02. The molecule has 0 bridgehead atoms. The van der Waals surface area contributed by atoms with Crippen molar-refractivity contribution < 1.29 is 22.5 Å². The molecule has 17 heavy (non-hydrogen) atoms. The maximum atomic E-state index is 12.9.